The summed E-state index contributed by atoms with van der Waals surface area (Å²) < 4.78 is 0. The van der Waals surface area contributed by atoms with Crippen LogP contribution in [0.25, 0.3) is 22.3 Å². The molecule has 0 aliphatic rings. The molecule has 0 aromatic carbocycles. The number of H-pyrrole nitrogens is 2. The third-order valence-electron chi connectivity index (χ3n) is 4.40. The number of nitrogens with two attached hydrogens (primary N) is 4. The molecule has 6 aromatic heterocycles. The summed E-state index contributed by atoms with van der Waals surface area (Å²) in [5.74, 6) is -0.0174. The number of aromatic amines is 2. The first-order valence-electron chi connectivity index (χ1n) is 11.0. The zero-order valence-electron chi connectivity index (χ0n) is 21.1. The molecule has 0 radical (unpaired) electrons. The fraction of sp³-hybridized carbons (Fsp3) is 0.0435. The summed E-state index contributed by atoms with van der Waals surface area (Å²) in [5, 5.41) is 7.00. The number of hydrogen-bond donors (Lipinski definition) is 7. The molecule has 2 amide bonds. The van der Waals surface area contributed by atoms with E-state index in [1.165, 1.54) is 37.7 Å². The highest BCUT2D eigenvalue weighted by atomic mass is 16.2. The van der Waals surface area contributed by atoms with E-state index in [0.29, 0.717) is 45.1 Å². The van der Waals surface area contributed by atoms with Crippen molar-refractivity contribution < 1.29 is 14.7 Å². The fourth-order valence-corrected chi connectivity index (χ4v) is 2.58. The van der Waals surface area contributed by atoms with Gasteiger partial charge in [-0.3, -0.25) is 19.6 Å². The molecule has 6 aromatic rings. The molecule has 0 spiro atoms. The van der Waals surface area contributed by atoms with Crippen LogP contribution in [0, 0.1) is 0 Å². The van der Waals surface area contributed by atoms with E-state index in [2.05, 4.69) is 49.8 Å². The van der Waals surface area contributed by atoms with E-state index in [1.54, 1.807) is 36.7 Å². The minimum absolute atomic E-state index is 0.433. The molecule has 206 valence electrons. The SMILES string of the molecule is CO.NC(=O)c1cccnc1.NC(=O)c1cccnc1.Nc1ncnc2nc[nH]c12.Nc1ncnc2nc[nH]c12. The monoisotopic (exact) mass is 546 g/mol. The van der Waals surface area contributed by atoms with Gasteiger partial charge in [0.1, 0.15) is 23.7 Å². The number of anilines is 2. The third kappa shape index (κ3) is 9.09. The fourth-order valence-electron chi connectivity index (χ4n) is 2.58. The van der Waals surface area contributed by atoms with Gasteiger partial charge in [0.05, 0.1) is 23.8 Å². The molecule has 40 heavy (non-hydrogen) atoms. The number of nitrogen functional groups attached to an aromatic ring is 2. The first kappa shape index (κ1) is 30.1. The Morgan fingerprint density at radius 3 is 1.35 bits per heavy atom. The highest BCUT2D eigenvalue weighted by molar-refractivity contribution is 5.92. The van der Waals surface area contributed by atoms with E-state index in [4.69, 9.17) is 28.0 Å². The van der Waals surface area contributed by atoms with Crippen molar-refractivity contribution in [1.29, 1.82) is 0 Å². The quantitative estimate of drug-likeness (QED) is 0.149. The van der Waals surface area contributed by atoms with Crippen molar-refractivity contribution >= 4 is 45.8 Å². The largest absolute Gasteiger partial charge is 0.400 e. The maximum Gasteiger partial charge on any atom is 0.250 e. The molecule has 0 aliphatic carbocycles. The number of aliphatic hydroxyl groups is 1. The Hall–Kier alpha value is -6.10. The van der Waals surface area contributed by atoms with Gasteiger partial charge in [0.25, 0.3) is 0 Å². The summed E-state index contributed by atoms with van der Waals surface area (Å²) in [7, 11) is 1.00. The molecule has 17 nitrogen and oxygen atoms in total. The van der Waals surface area contributed by atoms with Crippen LogP contribution in [-0.4, -0.2) is 73.9 Å². The summed E-state index contributed by atoms with van der Waals surface area (Å²) in [6.45, 7) is 0. The van der Waals surface area contributed by atoms with E-state index in [0.717, 1.165) is 7.11 Å². The first-order valence-corrected chi connectivity index (χ1v) is 11.0. The van der Waals surface area contributed by atoms with Gasteiger partial charge in [-0.15, -0.1) is 0 Å². The Bertz CT molecular complexity index is 1490. The van der Waals surface area contributed by atoms with Crippen LogP contribution >= 0.6 is 0 Å². The van der Waals surface area contributed by atoms with E-state index in [1.807, 2.05) is 0 Å². The number of carbonyl (C=O) groups excluding carboxylic acids is 2. The predicted octanol–water partition coefficient (Wildman–Crippen LogP) is -0.160. The lowest BCUT2D eigenvalue weighted by Crippen LogP contribution is -2.10. The number of imidazole rings is 2. The van der Waals surface area contributed by atoms with Gasteiger partial charge >= 0.3 is 0 Å². The van der Waals surface area contributed by atoms with Crippen LogP contribution in [0.3, 0.4) is 0 Å². The van der Waals surface area contributed by atoms with E-state index in [-0.39, 0.29) is 0 Å². The van der Waals surface area contributed by atoms with E-state index < -0.39 is 11.8 Å². The summed E-state index contributed by atoms with van der Waals surface area (Å²) in [6, 6.07) is 6.57. The number of nitrogens with zero attached hydrogens (tertiary/aromatic N) is 8. The van der Waals surface area contributed by atoms with Gasteiger partial charge in [-0.2, -0.15) is 0 Å². The molecular weight excluding hydrogens is 520 g/mol. The topological polar surface area (TPSA) is 293 Å². The summed E-state index contributed by atoms with van der Waals surface area (Å²) in [4.78, 5) is 56.9. The molecule has 0 atom stereocenters. The van der Waals surface area contributed by atoms with Crippen molar-refractivity contribution in [3.05, 3.63) is 85.5 Å². The van der Waals surface area contributed by atoms with Crippen molar-refractivity contribution in [2.24, 2.45) is 11.5 Å². The molecule has 17 heteroatoms. The van der Waals surface area contributed by atoms with Crippen molar-refractivity contribution in [1.82, 2.24) is 49.8 Å². The molecule has 11 N–H and O–H groups in total. The number of carbonyl (C=O) groups is 2. The Morgan fingerprint density at radius 1 is 0.675 bits per heavy atom. The van der Waals surface area contributed by atoms with Gasteiger partial charge in [0.15, 0.2) is 22.9 Å². The second-order valence-corrected chi connectivity index (χ2v) is 6.93. The van der Waals surface area contributed by atoms with Crippen LogP contribution in [-0.2, 0) is 0 Å². The lowest BCUT2D eigenvalue weighted by molar-refractivity contribution is 0.0991. The number of nitrogens with one attached hydrogen (secondary N) is 2. The normalized spacial score (nSPS) is 9.35. The zero-order chi connectivity index (χ0) is 29.3. The van der Waals surface area contributed by atoms with E-state index >= 15 is 0 Å². The number of fused-ring (bicyclic) bond motifs is 2. The van der Waals surface area contributed by atoms with Crippen LogP contribution in [0.2, 0.25) is 0 Å². The van der Waals surface area contributed by atoms with E-state index in [9.17, 15) is 9.59 Å². The molecule has 0 fully saturated rings. The second-order valence-electron chi connectivity index (χ2n) is 6.93. The predicted molar refractivity (Wildman–Crippen MR) is 146 cm³/mol. The van der Waals surface area contributed by atoms with Gasteiger partial charge in [-0.1, -0.05) is 0 Å². The lowest BCUT2D eigenvalue weighted by Gasteiger charge is -1.89. The van der Waals surface area contributed by atoms with Gasteiger partial charge < -0.3 is 38.0 Å². The average Bonchev–Trinajstić information content (AvgIpc) is 3.68. The molecule has 6 heterocycles. The molecule has 0 saturated carbocycles. The number of aromatic nitrogens is 10. The molecule has 0 aliphatic heterocycles. The number of pyridine rings is 2. The van der Waals surface area contributed by atoms with Crippen LogP contribution < -0.4 is 22.9 Å². The summed E-state index contributed by atoms with van der Waals surface area (Å²) >= 11 is 0. The number of hydrogen-bond acceptors (Lipinski definition) is 13. The minimum atomic E-state index is -0.442. The van der Waals surface area contributed by atoms with Crippen LogP contribution in [0.1, 0.15) is 20.7 Å². The molecule has 0 unspecified atom stereocenters. The number of aliphatic hydroxyl groups excluding tert-OH is 1. The third-order valence-corrected chi connectivity index (χ3v) is 4.40. The highest BCUT2D eigenvalue weighted by Crippen LogP contribution is 2.10. The van der Waals surface area contributed by atoms with Crippen LogP contribution in [0.5, 0.6) is 0 Å². The van der Waals surface area contributed by atoms with Gasteiger partial charge in [0, 0.05) is 31.9 Å². The molecular formula is C23H26N14O3. The average molecular weight is 547 g/mol. The lowest BCUT2D eigenvalue weighted by atomic mass is 10.3. The second kappa shape index (κ2) is 15.9. The van der Waals surface area contributed by atoms with Gasteiger partial charge in [0.2, 0.25) is 11.8 Å². The molecule has 0 saturated heterocycles. The Balaban J connectivity index is 0.000000183. The standard InChI is InChI=1S/2C6H6N2O.2C5H5N5.CH4O/c2*7-6(9)5-2-1-3-8-4-5;2*6-4-3-5(9-1-7-3)10-2-8-4;1-2/h2*1-4H,(H2,7,9);2*1-2H,(H3,6,7,8,9,10);2H,1H3. The molecule has 0 bridgehead atoms. The summed E-state index contributed by atoms with van der Waals surface area (Å²) in [5.41, 5.74) is 24.3. The first-order chi connectivity index (χ1) is 19.4. The maximum absolute atomic E-state index is 10.4. The van der Waals surface area contributed by atoms with Crippen molar-refractivity contribution in [2.75, 3.05) is 18.6 Å². The number of primary amides is 2. The maximum atomic E-state index is 10.4. The Morgan fingerprint density at radius 2 is 1.07 bits per heavy atom. The van der Waals surface area contributed by atoms with Crippen LogP contribution in [0.4, 0.5) is 11.6 Å². The molecule has 6 rings (SSSR count). The Labute approximate surface area is 226 Å². The van der Waals surface area contributed by atoms with Crippen molar-refractivity contribution in [2.45, 2.75) is 0 Å². The van der Waals surface area contributed by atoms with Gasteiger partial charge in [-0.25, -0.2) is 29.9 Å². The van der Waals surface area contributed by atoms with Crippen LogP contribution in [0.15, 0.2) is 74.4 Å². The number of amides is 2. The zero-order valence-corrected chi connectivity index (χ0v) is 21.1. The summed E-state index contributed by atoms with van der Waals surface area (Å²) in [6.07, 6.45) is 11.9. The van der Waals surface area contributed by atoms with Crippen molar-refractivity contribution in [3.8, 4) is 0 Å². The van der Waals surface area contributed by atoms with Gasteiger partial charge in [-0.05, 0) is 24.3 Å². The van der Waals surface area contributed by atoms with Crippen molar-refractivity contribution in [3.63, 3.8) is 0 Å². The highest BCUT2D eigenvalue weighted by Gasteiger charge is 2.00. The number of rotatable bonds is 2. The minimum Gasteiger partial charge on any atom is -0.400 e. The smallest absolute Gasteiger partial charge is 0.250 e. The Kier molecular flexibility index (Phi) is 12.0.